The molecule has 61 heavy (non-hydrogen) atoms. The highest BCUT2D eigenvalue weighted by Gasteiger charge is 2.32. The van der Waals surface area contributed by atoms with Crippen molar-refractivity contribution >= 4 is 96.4 Å². The first-order valence-corrected chi connectivity index (χ1v) is 21.7. The molecular formula is C43H49N5O11S2. The molecule has 0 spiro atoms. The summed E-state index contributed by atoms with van der Waals surface area (Å²) in [5.41, 5.74) is 1.97. The fourth-order valence-corrected chi connectivity index (χ4v) is 9.03. The number of ketones is 1. The van der Waals surface area contributed by atoms with E-state index in [-0.39, 0.29) is 37.8 Å². The number of alkyl carbamates (subject to hydrolysis) is 1. The van der Waals surface area contributed by atoms with Crippen molar-refractivity contribution in [3.05, 3.63) is 71.2 Å². The number of carboxylic acids is 3. The van der Waals surface area contributed by atoms with Crippen LogP contribution in [0.1, 0.15) is 76.3 Å². The molecule has 3 aromatic carbocycles. The number of carbonyl (C=O) groups is 7. The minimum Gasteiger partial charge on any atom is -0.481 e. The lowest BCUT2D eigenvalue weighted by molar-refractivity contribution is -0.141. The van der Waals surface area contributed by atoms with Gasteiger partial charge in [-0.1, -0.05) is 56.3 Å². The Kier molecular flexibility index (Phi) is 16.3. The van der Waals surface area contributed by atoms with Gasteiger partial charge in [0.05, 0.1) is 29.1 Å². The van der Waals surface area contributed by atoms with Crippen LogP contribution in [0.3, 0.4) is 0 Å². The number of rotatable bonds is 22. The van der Waals surface area contributed by atoms with Crippen molar-refractivity contribution in [3.8, 4) is 0 Å². The molecule has 0 radical (unpaired) electrons. The third kappa shape index (κ3) is 13.6. The molecule has 18 heteroatoms. The normalized spacial score (nSPS) is 15.7. The van der Waals surface area contributed by atoms with E-state index in [2.05, 4.69) is 27.9 Å². The van der Waals surface area contributed by atoms with Gasteiger partial charge in [-0.15, -0.1) is 23.1 Å². The molecule has 4 aromatic rings. The number of anilines is 1. The number of carbonyl (C=O) groups excluding carboxylic acids is 4. The molecule has 1 aromatic heterocycles. The number of benzene rings is 3. The number of carboxylic acid groups (broad SMARTS) is 3. The Labute approximate surface area is 359 Å². The van der Waals surface area contributed by atoms with Gasteiger partial charge >= 0.3 is 24.0 Å². The zero-order chi connectivity index (χ0) is 44.2. The fourth-order valence-electron chi connectivity index (χ4n) is 6.84. The Balaban J connectivity index is 1.23. The average Bonchev–Trinajstić information content (AvgIpc) is 3.85. The lowest BCUT2D eigenvalue weighted by Crippen LogP contribution is -2.46. The van der Waals surface area contributed by atoms with Crippen molar-refractivity contribution in [2.24, 2.45) is 22.7 Å². The number of aliphatic imine (C=N–C) groups is 1. The zero-order valence-electron chi connectivity index (χ0n) is 33.9. The maximum absolute atomic E-state index is 13.7. The van der Waals surface area contributed by atoms with E-state index in [9.17, 15) is 48.9 Å². The largest absolute Gasteiger partial charge is 0.481 e. The smallest absolute Gasteiger partial charge is 0.408 e. The number of hydrogen-bond acceptors (Lipinski definition) is 12. The molecule has 16 nitrogen and oxygen atoms in total. The van der Waals surface area contributed by atoms with Crippen LogP contribution in [0.4, 0.5) is 10.5 Å². The second-order valence-corrected chi connectivity index (χ2v) is 17.3. The summed E-state index contributed by atoms with van der Waals surface area (Å²) < 4.78 is 6.14. The monoisotopic (exact) mass is 875 g/mol. The number of aliphatic carboxylic acids is 3. The molecule has 5 atom stereocenters. The van der Waals surface area contributed by atoms with Crippen LogP contribution in [0, 0.1) is 17.8 Å². The van der Waals surface area contributed by atoms with Crippen molar-refractivity contribution in [2.75, 3.05) is 11.1 Å². The van der Waals surface area contributed by atoms with E-state index in [1.807, 2.05) is 24.3 Å². The second kappa shape index (κ2) is 21.6. The second-order valence-electron chi connectivity index (χ2n) is 15.3. The molecule has 1 aliphatic heterocycles. The molecular weight excluding hydrogens is 827 g/mol. The lowest BCUT2D eigenvalue weighted by Gasteiger charge is -2.27. The molecule has 324 valence electrons. The summed E-state index contributed by atoms with van der Waals surface area (Å²) in [7, 11) is 0. The maximum atomic E-state index is 13.7. The summed E-state index contributed by atoms with van der Waals surface area (Å²) >= 11 is 3.24. The lowest BCUT2D eigenvalue weighted by atomic mass is 9.89. The number of amides is 3. The van der Waals surface area contributed by atoms with Crippen LogP contribution in [0.25, 0.3) is 21.0 Å². The Hall–Kier alpha value is -5.88. The number of nitrogens with one attached hydrogen (secondary N) is 3. The highest BCUT2D eigenvalue weighted by Crippen LogP contribution is 2.35. The van der Waals surface area contributed by atoms with Gasteiger partial charge in [-0.2, -0.15) is 0 Å². The zero-order valence-corrected chi connectivity index (χ0v) is 35.6. The van der Waals surface area contributed by atoms with Crippen LogP contribution in [0.5, 0.6) is 0 Å². The molecule has 1 aliphatic rings. The summed E-state index contributed by atoms with van der Waals surface area (Å²) in [6.07, 6.45) is -3.44. The van der Waals surface area contributed by atoms with Crippen molar-refractivity contribution in [3.63, 3.8) is 0 Å². The van der Waals surface area contributed by atoms with Crippen LogP contribution < -0.4 is 16.0 Å². The number of hydrogen-bond donors (Lipinski definition) is 6. The van der Waals surface area contributed by atoms with Crippen LogP contribution in [0.15, 0.2) is 65.7 Å². The van der Waals surface area contributed by atoms with Gasteiger partial charge in [-0.05, 0) is 61.3 Å². The molecule has 0 aliphatic carbocycles. The Morgan fingerprint density at radius 3 is 2.20 bits per heavy atom. The van der Waals surface area contributed by atoms with E-state index in [1.165, 1.54) is 0 Å². The summed E-state index contributed by atoms with van der Waals surface area (Å²) in [4.78, 5) is 97.9. The van der Waals surface area contributed by atoms with Gasteiger partial charge in [-0.3, -0.25) is 33.8 Å². The van der Waals surface area contributed by atoms with Gasteiger partial charge in [0, 0.05) is 47.5 Å². The highest BCUT2D eigenvalue weighted by atomic mass is 32.2. The van der Waals surface area contributed by atoms with E-state index >= 15 is 0 Å². The van der Waals surface area contributed by atoms with E-state index < -0.39 is 91.2 Å². The minimum atomic E-state index is -1.57. The Morgan fingerprint density at radius 2 is 1.54 bits per heavy atom. The molecule has 6 N–H and O–H groups in total. The summed E-state index contributed by atoms with van der Waals surface area (Å²) in [6, 6.07) is 16.0. The molecule has 3 amide bonds. The quantitative estimate of drug-likeness (QED) is 0.0495. The van der Waals surface area contributed by atoms with Crippen LogP contribution in [-0.4, -0.2) is 90.8 Å². The number of thiazole rings is 1. The van der Waals surface area contributed by atoms with Gasteiger partial charge in [0.25, 0.3) is 0 Å². The molecule has 0 saturated heterocycles. The van der Waals surface area contributed by atoms with Crippen molar-refractivity contribution in [1.29, 1.82) is 0 Å². The van der Waals surface area contributed by atoms with Gasteiger partial charge in [-0.25, -0.2) is 9.78 Å². The first kappa shape index (κ1) is 46.2. The fraction of sp³-hybridized carbons (Fsp3) is 0.419. The standard InChI is InChI=1S/C43H49N5O11S2/c1-23(2)31(46-40(57)27(11-16-35(50)51)18-34(49)33(20-37(54)55)48-43(58)59-21-25-7-5-4-6-8-25)14-10-28(19-36(52)53)39(56)45-29-12-13-30-26(17-29)9-15-32-38(30)61-42(47-32)41-44-24(3)22-60-41/h4-9,12-13,15,17,23-24,27-28,31,33H,10-11,14,16,18-22H2,1-3H3,(H,45,56)(H,46,57)(H,48,58)(H,50,51)(H,52,53)(H,54,55). The maximum Gasteiger partial charge on any atom is 0.408 e. The molecule has 0 fully saturated rings. The number of Topliss-reactive ketones (excluding diaryl/α,β-unsaturated/α-hetero) is 1. The molecule has 5 rings (SSSR count). The van der Waals surface area contributed by atoms with E-state index in [0.29, 0.717) is 11.3 Å². The van der Waals surface area contributed by atoms with Crippen molar-refractivity contribution < 1.29 is 53.6 Å². The first-order valence-electron chi connectivity index (χ1n) is 19.9. The third-order valence-corrected chi connectivity index (χ3v) is 12.6. The number of nitrogens with zero attached hydrogens (tertiary/aromatic N) is 2. The number of fused-ring (bicyclic) bond motifs is 3. The third-order valence-electron chi connectivity index (χ3n) is 10.2. The highest BCUT2D eigenvalue weighted by molar-refractivity contribution is 8.15. The summed E-state index contributed by atoms with van der Waals surface area (Å²) in [6.45, 7) is 5.53. The number of ether oxygens (including phenoxy) is 1. The number of thioether (sulfide) groups is 1. The van der Waals surface area contributed by atoms with Crippen LogP contribution >= 0.6 is 23.1 Å². The van der Waals surface area contributed by atoms with Gasteiger partial charge in [0.2, 0.25) is 11.8 Å². The van der Waals surface area contributed by atoms with E-state index in [4.69, 9.17) is 9.72 Å². The summed E-state index contributed by atoms with van der Waals surface area (Å²) in [5.74, 6) is -7.35. The van der Waals surface area contributed by atoms with Crippen LogP contribution in [-0.2, 0) is 40.1 Å². The molecule has 2 heterocycles. The van der Waals surface area contributed by atoms with Gasteiger partial charge in [0.15, 0.2) is 5.78 Å². The Morgan fingerprint density at radius 1 is 0.820 bits per heavy atom. The predicted molar refractivity (Wildman–Crippen MR) is 232 cm³/mol. The molecule has 0 saturated carbocycles. The van der Waals surface area contributed by atoms with Gasteiger partial charge in [0.1, 0.15) is 22.7 Å². The summed E-state index contributed by atoms with van der Waals surface area (Å²) in [5, 5.41) is 40.2. The first-order chi connectivity index (χ1) is 29.1. The van der Waals surface area contributed by atoms with Crippen molar-refractivity contribution in [1.82, 2.24) is 15.6 Å². The topological polar surface area (TPSA) is 251 Å². The van der Waals surface area contributed by atoms with E-state index in [1.54, 1.807) is 73.3 Å². The Bertz CT molecular complexity index is 2300. The van der Waals surface area contributed by atoms with Crippen LogP contribution in [0.2, 0.25) is 0 Å². The minimum absolute atomic E-state index is 0.0635. The van der Waals surface area contributed by atoms with E-state index in [0.717, 1.165) is 36.8 Å². The predicted octanol–water partition coefficient (Wildman–Crippen LogP) is 6.49. The molecule has 0 bridgehead atoms. The average molecular weight is 876 g/mol. The van der Waals surface area contributed by atoms with Crippen molar-refractivity contribution in [2.45, 2.75) is 90.4 Å². The molecule has 5 unspecified atom stereocenters. The SMILES string of the molecule is CC1CSC(c2nc3ccc4cc(NC(=O)C(CCC(NC(=O)C(CCC(=O)O)CC(=O)C(CC(=O)O)NC(=O)OCc5ccccc5)C(C)C)CC(=O)O)ccc4c3s2)=N1. The van der Waals surface area contributed by atoms with Gasteiger partial charge < -0.3 is 36.0 Å². The number of aromatic nitrogens is 1.